The molecule has 3 heteroatoms. The molecular weight excluding hydrogens is 154 g/mol. The van der Waals surface area contributed by atoms with Crippen molar-refractivity contribution in [2.24, 2.45) is 0 Å². The second-order valence-corrected chi connectivity index (χ2v) is 3.33. The molecule has 0 aromatic heterocycles. The fourth-order valence-corrected chi connectivity index (χ4v) is 0.622. The predicted molar refractivity (Wildman–Crippen MR) is 48.1 cm³/mol. The molecule has 0 spiro atoms. The van der Waals surface area contributed by atoms with Gasteiger partial charge >= 0.3 is 0 Å². The number of likely N-dealkylation sites (N-methyl/N-ethyl adjacent to an activating group) is 1. The van der Waals surface area contributed by atoms with E-state index in [0.717, 1.165) is 0 Å². The SMILES string of the molecule is C=C[N+](C)(C)C(O)C(=O)C(=C)C. The molecule has 1 unspecified atom stereocenters. The van der Waals surface area contributed by atoms with Crippen LogP contribution in [0.2, 0.25) is 0 Å². The molecule has 0 bridgehead atoms. The average Bonchev–Trinajstić information content (AvgIpc) is 2.01. The van der Waals surface area contributed by atoms with E-state index in [-0.39, 0.29) is 10.3 Å². The zero-order chi connectivity index (χ0) is 9.94. The first-order valence-corrected chi connectivity index (χ1v) is 3.67. The molecule has 0 rings (SSSR count). The minimum Gasteiger partial charge on any atom is -0.338 e. The summed E-state index contributed by atoms with van der Waals surface area (Å²) in [5.41, 5.74) is 0.357. The molecule has 0 amide bonds. The summed E-state index contributed by atoms with van der Waals surface area (Å²) in [6.07, 6.45) is 0.408. The number of carbonyl (C=O) groups is 1. The Bertz CT molecular complexity index is 219. The summed E-state index contributed by atoms with van der Waals surface area (Å²) >= 11 is 0. The third-order valence-electron chi connectivity index (χ3n) is 1.76. The Balaban J connectivity index is 4.60. The Morgan fingerprint density at radius 3 is 2.25 bits per heavy atom. The van der Waals surface area contributed by atoms with Crippen molar-refractivity contribution in [2.45, 2.75) is 13.2 Å². The predicted octanol–water partition coefficient (Wildman–Crippen LogP) is 0.670. The Morgan fingerprint density at radius 2 is 2.00 bits per heavy atom. The lowest BCUT2D eigenvalue weighted by atomic mass is 10.2. The monoisotopic (exact) mass is 170 g/mol. The first kappa shape index (κ1) is 11.1. The van der Waals surface area contributed by atoms with Crippen LogP contribution in [0.5, 0.6) is 0 Å². The molecule has 0 aliphatic carbocycles. The highest BCUT2D eigenvalue weighted by Gasteiger charge is 2.30. The summed E-state index contributed by atoms with van der Waals surface area (Å²) in [5.74, 6) is -0.347. The van der Waals surface area contributed by atoms with E-state index in [4.69, 9.17) is 0 Å². The first-order valence-electron chi connectivity index (χ1n) is 3.67. The van der Waals surface area contributed by atoms with Gasteiger partial charge in [-0.05, 0) is 19.1 Å². The molecule has 1 N–H and O–H groups in total. The molecular formula is C9H16NO2+. The highest BCUT2D eigenvalue weighted by atomic mass is 16.3. The van der Waals surface area contributed by atoms with E-state index >= 15 is 0 Å². The zero-order valence-corrected chi connectivity index (χ0v) is 7.87. The van der Waals surface area contributed by atoms with Gasteiger partial charge in [-0.3, -0.25) is 9.28 Å². The number of rotatable bonds is 4. The normalized spacial score (nSPS) is 13.7. The fraction of sp³-hybridized carbons (Fsp3) is 0.444. The summed E-state index contributed by atoms with van der Waals surface area (Å²) in [6, 6.07) is 0. The van der Waals surface area contributed by atoms with Gasteiger partial charge in [-0.15, -0.1) is 0 Å². The van der Waals surface area contributed by atoms with Crippen LogP contribution < -0.4 is 0 Å². The second-order valence-electron chi connectivity index (χ2n) is 3.33. The number of ketones is 1. The summed E-state index contributed by atoms with van der Waals surface area (Å²) in [7, 11) is 3.39. The van der Waals surface area contributed by atoms with Gasteiger partial charge in [-0.1, -0.05) is 6.58 Å². The van der Waals surface area contributed by atoms with Gasteiger partial charge in [0.2, 0.25) is 5.78 Å². The van der Waals surface area contributed by atoms with Crippen molar-refractivity contribution < 1.29 is 14.4 Å². The molecule has 1 atom stereocenters. The molecule has 0 aromatic carbocycles. The number of Topliss-reactive ketones (excluding diaryl/α,β-unsaturated/α-hetero) is 1. The van der Waals surface area contributed by atoms with Gasteiger partial charge in [0.05, 0.1) is 20.3 Å². The summed E-state index contributed by atoms with van der Waals surface area (Å²) in [6.45, 7) is 8.57. The van der Waals surface area contributed by atoms with Crippen molar-refractivity contribution in [1.29, 1.82) is 0 Å². The summed E-state index contributed by atoms with van der Waals surface area (Å²) < 4.78 is 0.0473. The van der Waals surface area contributed by atoms with Gasteiger partial charge in [-0.2, -0.15) is 0 Å². The Labute approximate surface area is 73.2 Å². The highest BCUT2D eigenvalue weighted by Crippen LogP contribution is 2.08. The molecule has 0 saturated carbocycles. The quantitative estimate of drug-likeness (QED) is 0.382. The molecule has 0 aliphatic heterocycles. The highest BCUT2D eigenvalue weighted by molar-refractivity contribution is 5.96. The lowest BCUT2D eigenvalue weighted by Gasteiger charge is -2.28. The van der Waals surface area contributed by atoms with Gasteiger partial charge < -0.3 is 5.11 Å². The first-order chi connectivity index (χ1) is 5.33. The van der Waals surface area contributed by atoms with Crippen molar-refractivity contribution in [3.05, 3.63) is 24.9 Å². The lowest BCUT2D eigenvalue weighted by Crippen LogP contribution is -2.48. The summed E-state index contributed by atoms with van der Waals surface area (Å²) in [5, 5.41) is 9.51. The maximum Gasteiger partial charge on any atom is 0.259 e. The summed E-state index contributed by atoms with van der Waals surface area (Å²) in [4.78, 5) is 11.2. The molecule has 0 radical (unpaired) electrons. The van der Waals surface area contributed by atoms with E-state index < -0.39 is 6.23 Å². The van der Waals surface area contributed by atoms with Crippen LogP contribution in [0.1, 0.15) is 6.92 Å². The van der Waals surface area contributed by atoms with Gasteiger partial charge in [0.15, 0.2) is 0 Å². The third-order valence-corrected chi connectivity index (χ3v) is 1.76. The lowest BCUT2D eigenvalue weighted by molar-refractivity contribution is -0.877. The van der Waals surface area contributed by atoms with E-state index in [2.05, 4.69) is 13.2 Å². The van der Waals surface area contributed by atoms with Crippen LogP contribution in [0.15, 0.2) is 24.9 Å². The molecule has 0 heterocycles. The smallest absolute Gasteiger partial charge is 0.259 e. The largest absolute Gasteiger partial charge is 0.338 e. The third kappa shape index (κ3) is 2.29. The van der Waals surface area contributed by atoms with Crippen LogP contribution in [-0.2, 0) is 4.79 Å². The van der Waals surface area contributed by atoms with E-state index in [1.54, 1.807) is 21.0 Å². The number of quaternary nitrogens is 1. The molecule has 12 heavy (non-hydrogen) atoms. The van der Waals surface area contributed by atoms with Crippen molar-refractivity contribution >= 4 is 5.78 Å². The number of aliphatic hydroxyl groups excluding tert-OH is 1. The second kappa shape index (κ2) is 3.65. The van der Waals surface area contributed by atoms with Crippen LogP contribution in [0, 0.1) is 0 Å². The topological polar surface area (TPSA) is 37.3 Å². The molecule has 0 fully saturated rings. The molecule has 0 saturated heterocycles. The zero-order valence-electron chi connectivity index (χ0n) is 7.87. The van der Waals surface area contributed by atoms with Crippen LogP contribution in [0.3, 0.4) is 0 Å². The van der Waals surface area contributed by atoms with Crippen molar-refractivity contribution in [1.82, 2.24) is 0 Å². The molecule has 68 valence electrons. The van der Waals surface area contributed by atoms with Crippen molar-refractivity contribution in [3.8, 4) is 0 Å². The van der Waals surface area contributed by atoms with E-state index in [0.29, 0.717) is 5.57 Å². The van der Waals surface area contributed by atoms with E-state index in [1.807, 2.05) is 0 Å². The van der Waals surface area contributed by atoms with Gasteiger partial charge in [0.1, 0.15) is 0 Å². The van der Waals surface area contributed by atoms with Crippen molar-refractivity contribution in [3.63, 3.8) is 0 Å². The average molecular weight is 170 g/mol. The van der Waals surface area contributed by atoms with Gasteiger partial charge in [0.25, 0.3) is 6.23 Å². The van der Waals surface area contributed by atoms with Crippen LogP contribution in [-0.4, -0.2) is 35.7 Å². The van der Waals surface area contributed by atoms with Crippen LogP contribution in [0.4, 0.5) is 0 Å². The number of hydrogen-bond donors (Lipinski definition) is 1. The van der Waals surface area contributed by atoms with Crippen LogP contribution >= 0.6 is 0 Å². The van der Waals surface area contributed by atoms with Gasteiger partial charge in [0, 0.05) is 0 Å². The minimum absolute atomic E-state index is 0.0473. The molecule has 3 nitrogen and oxygen atoms in total. The molecule has 0 aromatic rings. The number of aliphatic hydroxyl groups is 1. The Hall–Kier alpha value is -0.930. The Kier molecular flexibility index (Phi) is 3.36. The van der Waals surface area contributed by atoms with E-state index in [9.17, 15) is 9.90 Å². The number of carbonyl (C=O) groups excluding carboxylic acids is 1. The number of nitrogens with zero attached hydrogens (tertiary/aromatic N) is 1. The van der Waals surface area contributed by atoms with Gasteiger partial charge in [-0.25, -0.2) is 0 Å². The standard InChI is InChI=1S/C9H16NO2/c1-6-10(4,5)9(12)8(11)7(2)3/h6,9,12H,1-2H2,3-5H3/q+1. The minimum atomic E-state index is -1.10. The Morgan fingerprint density at radius 1 is 1.58 bits per heavy atom. The fourth-order valence-electron chi connectivity index (χ4n) is 0.622. The van der Waals surface area contributed by atoms with Crippen molar-refractivity contribution in [2.75, 3.05) is 14.1 Å². The maximum atomic E-state index is 11.2. The number of hydrogen-bond acceptors (Lipinski definition) is 2. The van der Waals surface area contributed by atoms with E-state index in [1.165, 1.54) is 6.20 Å². The molecule has 0 aliphatic rings. The maximum absolute atomic E-state index is 11.2. The van der Waals surface area contributed by atoms with Crippen LogP contribution in [0.25, 0.3) is 0 Å².